The Morgan fingerprint density at radius 3 is 2.29 bits per heavy atom. The summed E-state index contributed by atoms with van der Waals surface area (Å²) in [4.78, 5) is 0. The average Bonchev–Trinajstić information content (AvgIpc) is 2.44. The predicted octanol–water partition coefficient (Wildman–Crippen LogP) is 4.40. The van der Waals surface area contributed by atoms with Crippen molar-refractivity contribution in [1.29, 1.82) is 0 Å². The lowest BCUT2D eigenvalue weighted by Crippen LogP contribution is -2.06. The quantitative estimate of drug-likeness (QED) is 0.907. The van der Waals surface area contributed by atoms with Crippen LogP contribution < -0.4 is 10.5 Å². The number of hydrogen-bond donors (Lipinski definition) is 1. The predicted molar refractivity (Wildman–Crippen MR) is 75.1 cm³/mol. The van der Waals surface area contributed by atoms with Crippen molar-refractivity contribution in [3.05, 3.63) is 64.2 Å². The van der Waals surface area contributed by atoms with Gasteiger partial charge in [-0.15, -0.1) is 0 Å². The van der Waals surface area contributed by atoms with Crippen molar-refractivity contribution in [1.82, 2.24) is 0 Å². The third-order valence-corrected chi connectivity index (χ3v) is 3.31. The molecule has 0 fully saturated rings. The molecule has 2 nitrogen and oxygen atoms in total. The first kappa shape index (κ1) is 15.7. The Bertz CT molecular complexity index is 611. The molecule has 0 atom stereocenters. The zero-order valence-corrected chi connectivity index (χ0v) is 11.7. The lowest BCUT2D eigenvalue weighted by atomic mass is 10.1. The van der Waals surface area contributed by atoms with Gasteiger partial charge in [0.05, 0.1) is 5.56 Å². The van der Waals surface area contributed by atoms with Crippen LogP contribution in [0, 0.1) is 0 Å². The fourth-order valence-corrected chi connectivity index (χ4v) is 2.07. The van der Waals surface area contributed by atoms with Gasteiger partial charge in [-0.05, 0) is 29.8 Å². The Kier molecular flexibility index (Phi) is 4.75. The largest absolute Gasteiger partial charge is 0.489 e. The van der Waals surface area contributed by atoms with Gasteiger partial charge in [0.15, 0.2) is 0 Å². The van der Waals surface area contributed by atoms with Crippen LogP contribution in [0.2, 0.25) is 5.02 Å². The Morgan fingerprint density at radius 1 is 1.05 bits per heavy atom. The van der Waals surface area contributed by atoms with E-state index in [1.807, 2.05) is 0 Å². The van der Waals surface area contributed by atoms with Gasteiger partial charge in [0.2, 0.25) is 0 Å². The van der Waals surface area contributed by atoms with E-state index in [2.05, 4.69) is 0 Å². The Morgan fingerprint density at radius 2 is 1.71 bits per heavy atom. The van der Waals surface area contributed by atoms with Gasteiger partial charge in [0.1, 0.15) is 12.4 Å². The van der Waals surface area contributed by atoms with Crippen LogP contribution in [0.4, 0.5) is 13.2 Å². The Hall–Kier alpha value is -1.72. The van der Waals surface area contributed by atoms with E-state index in [0.29, 0.717) is 21.9 Å². The number of halogens is 4. The van der Waals surface area contributed by atoms with Crippen LogP contribution in [0.25, 0.3) is 0 Å². The van der Waals surface area contributed by atoms with Gasteiger partial charge in [-0.25, -0.2) is 0 Å². The van der Waals surface area contributed by atoms with Crippen LogP contribution in [0.1, 0.15) is 16.7 Å². The lowest BCUT2D eigenvalue weighted by Gasteiger charge is -2.12. The van der Waals surface area contributed by atoms with Gasteiger partial charge in [0.25, 0.3) is 0 Å². The van der Waals surface area contributed by atoms with Crippen molar-refractivity contribution in [3.63, 3.8) is 0 Å². The topological polar surface area (TPSA) is 35.2 Å². The van der Waals surface area contributed by atoms with Gasteiger partial charge in [-0.3, -0.25) is 0 Å². The molecule has 0 aliphatic rings. The molecule has 2 aromatic carbocycles. The molecule has 0 bridgehead atoms. The molecule has 0 aliphatic carbocycles. The van der Waals surface area contributed by atoms with Crippen LogP contribution in [0.15, 0.2) is 42.5 Å². The van der Waals surface area contributed by atoms with Crippen LogP contribution in [-0.2, 0) is 19.3 Å². The second-order valence-corrected chi connectivity index (χ2v) is 4.81. The summed E-state index contributed by atoms with van der Waals surface area (Å²) in [5, 5.41) is 0.502. The molecule has 0 aliphatic heterocycles. The monoisotopic (exact) mass is 315 g/mol. The summed E-state index contributed by atoms with van der Waals surface area (Å²) in [5.74, 6) is 0.532. The van der Waals surface area contributed by atoms with E-state index in [0.717, 1.165) is 12.1 Å². The van der Waals surface area contributed by atoms with E-state index in [9.17, 15) is 13.2 Å². The summed E-state index contributed by atoms with van der Waals surface area (Å²) < 4.78 is 42.9. The van der Waals surface area contributed by atoms with Crippen molar-refractivity contribution >= 4 is 11.6 Å². The third-order valence-electron chi connectivity index (χ3n) is 2.96. The molecular weight excluding hydrogens is 303 g/mol. The summed E-state index contributed by atoms with van der Waals surface area (Å²) in [6, 6.07) is 9.97. The number of benzene rings is 2. The van der Waals surface area contributed by atoms with E-state index in [1.165, 1.54) is 12.1 Å². The summed E-state index contributed by atoms with van der Waals surface area (Å²) in [6.45, 7) is 0.369. The molecule has 0 saturated carbocycles. The standard InChI is InChI=1S/C15H13ClF3NO/c16-13-2-1-3-14(12(13)8-20)21-9-10-4-6-11(7-5-10)15(17,18)19/h1-7H,8-9,20H2. The minimum Gasteiger partial charge on any atom is -0.489 e. The van der Waals surface area contributed by atoms with Crippen molar-refractivity contribution < 1.29 is 17.9 Å². The fraction of sp³-hybridized carbons (Fsp3) is 0.200. The van der Waals surface area contributed by atoms with Gasteiger partial charge in [0, 0.05) is 17.1 Å². The minimum absolute atomic E-state index is 0.144. The molecule has 0 unspecified atom stereocenters. The Balaban J connectivity index is 2.09. The van der Waals surface area contributed by atoms with Crippen molar-refractivity contribution in [3.8, 4) is 5.75 Å². The fourth-order valence-electron chi connectivity index (χ4n) is 1.82. The molecule has 112 valence electrons. The molecule has 0 spiro atoms. The van der Waals surface area contributed by atoms with Crippen molar-refractivity contribution in [2.75, 3.05) is 0 Å². The van der Waals surface area contributed by atoms with Gasteiger partial charge in [-0.1, -0.05) is 29.8 Å². The maximum absolute atomic E-state index is 12.5. The summed E-state index contributed by atoms with van der Waals surface area (Å²) in [7, 11) is 0. The van der Waals surface area contributed by atoms with Crippen LogP contribution in [-0.4, -0.2) is 0 Å². The number of hydrogen-bond acceptors (Lipinski definition) is 2. The van der Waals surface area contributed by atoms with E-state index in [4.69, 9.17) is 22.1 Å². The van der Waals surface area contributed by atoms with E-state index >= 15 is 0 Å². The molecule has 2 aromatic rings. The van der Waals surface area contributed by atoms with Crippen molar-refractivity contribution in [2.24, 2.45) is 5.73 Å². The second kappa shape index (κ2) is 6.37. The molecular formula is C15H13ClF3NO. The van der Waals surface area contributed by atoms with Gasteiger partial charge in [-0.2, -0.15) is 13.2 Å². The van der Waals surface area contributed by atoms with E-state index in [-0.39, 0.29) is 13.2 Å². The SMILES string of the molecule is NCc1c(Cl)cccc1OCc1ccc(C(F)(F)F)cc1. The molecule has 0 amide bonds. The maximum atomic E-state index is 12.5. The highest BCUT2D eigenvalue weighted by molar-refractivity contribution is 6.31. The first-order chi connectivity index (χ1) is 9.91. The normalized spacial score (nSPS) is 11.5. The van der Waals surface area contributed by atoms with Crippen LogP contribution >= 0.6 is 11.6 Å². The smallest absolute Gasteiger partial charge is 0.416 e. The highest BCUT2D eigenvalue weighted by Crippen LogP contribution is 2.30. The van der Waals surface area contributed by atoms with Crippen molar-refractivity contribution in [2.45, 2.75) is 19.3 Å². The number of alkyl halides is 3. The minimum atomic E-state index is -4.33. The lowest BCUT2D eigenvalue weighted by molar-refractivity contribution is -0.137. The molecule has 0 saturated heterocycles. The Labute approximate surface area is 125 Å². The second-order valence-electron chi connectivity index (χ2n) is 4.40. The van der Waals surface area contributed by atoms with Crippen LogP contribution in [0.5, 0.6) is 5.75 Å². The van der Waals surface area contributed by atoms with E-state index < -0.39 is 11.7 Å². The molecule has 0 radical (unpaired) electrons. The highest BCUT2D eigenvalue weighted by atomic mass is 35.5. The number of rotatable bonds is 4. The third kappa shape index (κ3) is 3.89. The zero-order chi connectivity index (χ0) is 15.5. The van der Waals surface area contributed by atoms with Gasteiger partial charge < -0.3 is 10.5 Å². The zero-order valence-electron chi connectivity index (χ0n) is 11.0. The average molecular weight is 316 g/mol. The molecule has 21 heavy (non-hydrogen) atoms. The summed E-state index contributed by atoms with van der Waals surface area (Å²) in [6.07, 6.45) is -4.33. The number of ether oxygens (including phenoxy) is 1. The molecule has 6 heteroatoms. The molecule has 2 N–H and O–H groups in total. The van der Waals surface area contributed by atoms with E-state index in [1.54, 1.807) is 18.2 Å². The first-order valence-electron chi connectivity index (χ1n) is 6.18. The molecule has 0 heterocycles. The summed E-state index contributed by atoms with van der Waals surface area (Å²) in [5.41, 5.74) is 6.22. The van der Waals surface area contributed by atoms with Crippen LogP contribution in [0.3, 0.4) is 0 Å². The highest BCUT2D eigenvalue weighted by Gasteiger charge is 2.29. The summed E-state index contributed by atoms with van der Waals surface area (Å²) >= 11 is 6.00. The molecule has 2 rings (SSSR count). The first-order valence-corrected chi connectivity index (χ1v) is 6.56. The van der Waals surface area contributed by atoms with Gasteiger partial charge >= 0.3 is 6.18 Å². The molecule has 0 aromatic heterocycles. The number of nitrogens with two attached hydrogens (primary N) is 1. The maximum Gasteiger partial charge on any atom is 0.416 e.